The molecule has 94 valence electrons. The van der Waals surface area contributed by atoms with Crippen molar-refractivity contribution < 1.29 is 27.8 Å². The number of hydrogen-bond donors (Lipinski definition) is 1. The number of alkyl halides is 3. The summed E-state index contributed by atoms with van der Waals surface area (Å²) < 4.78 is 40.0. The van der Waals surface area contributed by atoms with Crippen LogP contribution in [0.15, 0.2) is 12.1 Å². The lowest BCUT2D eigenvalue weighted by atomic mass is 9.99. The molecule has 0 aliphatic carbocycles. The molecule has 0 aliphatic heterocycles. The van der Waals surface area contributed by atoms with Crippen LogP contribution in [-0.2, 0) is 6.42 Å². The van der Waals surface area contributed by atoms with Crippen LogP contribution in [0.1, 0.15) is 28.4 Å². The SMILES string of the molecule is CCc1c(C(=O)O)ccc(OC(F)(F)F)c1C. The van der Waals surface area contributed by atoms with Crippen molar-refractivity contribution in [1.82, 2.24) is 0 Å². The fraction of sp³-hybridized carbons (Fsp3) is 0.364. The van der Waals surface area contributed by atoms with Crippen molar-refractivity contribution in [3.8, 4) is 5.75 Å². The van der Waals surface area contributed by atoms with E-state index in [-0.39, 0.29) is 16.9 Å². The van der Waals surface area contributed by atoms with Crippen LogP contribution in [-0.4, -0.2) is 17.4 Å². The summed E-state index contributed by atoms with van der Waals surface area (Å²) in [5.41, 5.74) is 0.545. The molecular weight excluding hydrogens is 237 g/mol. The number of carbonyl (C=O) groups is 1. The molecule has 0 heterocycles. The highest BCUT2D eigenvalue weighted by atomic mass is 19.4. The molecule has 0 spiro atoms. The molecule has 0 aliphatic rings. The van der Waals surface area contributed by atoms with Gasteiger partial charge >= 0.3 is 12.3 Å². The van der Waals surface area contributed by atoms with Gasteiger partial charge in [-0.1, -0.05) is 6.92 Å². The summed E-state index contributed by atoms with van der Waals surface area (Å²) in [7, 11) is 0. The number of hydrogen-bond acceptors (Lipinski definition) is 2. The number of aromatic carboxylic acids is 1. The van der Waals surface area contributed by atoms with Crippen molar-refractivity contribution in [3.05, 3.63) is 28.8 Å². The zero-order valence-corrected chi connectivity index (χ0v) is 9.26. The molecule has 0 bridgehead atoms. The Labute approximate surface area is 95.8 Å². The topological polar surface area (TPSA) is 46.5 Å². The van der Waals surface area contributed by atoms with Gasteiger partial charge in [0.1, 0.15) is 5.75 Å². The van der Waals surface area contributed by atoms with E-state index in [0.29, 0.717) is 12.0 Å². The highest BCUT2D eigenvalue weighted by Gasteiger charge is 2.32. The van der Waals surface area contributed by atoms with Gasteiger partial charge in [-0.3, -0.25) is 0 Å². The summed E-state index contributed by atoms with van der Waals surface area (Å²) in [4.78, 5) is 10.9. The van der Waals surface area contributed by atoms with E-state index in [2.05, 4.69) is 4.74 Å². The molecule has 1 aromatic rings. The monoisotopic (exact) mass is 248 g/mol. The molecule has 0 fully saturated rings. The van der Waals surface area contributed by atoms with Crippen LogP contribution in [0.3, 0.4) is 0 Å². The van der Waals surface area contributed by atoms with Gasteiger partial charge in [-0.05, 0) is 36.6 Å². The van der Waals surface area contributed by atoms with Crippen LogP contribution >= 0.6 is 0 Å². The molecule has 3 nitrogen and oxygen atoms in total. The maximum absolute atomic E-state index is 12.1. The van der Waals surface area contributed by atoms with E-state index in [4.69, 9.17) is 5.11 Å². The van der Waals surface area contributed by atoms with E-state index >= 15 is 0 Å². The molecule has 0 aromatic heterocycles. The smallest absolute Gasteiger partial charge is 0.478 e. The van der Waals surface area contributed by atoms with Crippen molar-refractivity contribution in [2.75, 3.05) is 0 Å². The third-order valence-electron chi connectivity index (χ3n) is 2.36. The predicted octanol–water partition coefficient (Wildman–Crippen LogP) is 3.15. The number of benzene rings is 1. The van der Waals surface area contributed by atoms with Crippen molar-refractivity contribution >= 4 is 5.97 Å². The summed E-state index contributed by atoms with van der Waals surface area (Å²) in [6, 6.07) is 2.14. The van der Waals surface area contributed by atoms with E-state index in [9.17, 15) is 18.0 Å². The Bertz CT molecular complexity index is 438. The fourth-order valence-electron chi connectivity index (χ4n) is 1.63. The average Bonchev–Trinajstić information content (AvgIpc) is 2.18. The number of carboxylic acid groups (broad SMARTS) is 1. The van der Waals surface area contributed by atoms with Crippen molar-refractivity contribution in [2.45, 2.75) is 26.6 Å². The minimum Gasteiger partial charge on any atom is -0.478 e. The van der Waals surface area contributed by atoms with Gasteiger partial charge in [0.25, 0.3) is 0 Å². The molecule has 0 saturated heterocycles. The van der Waals surface area contributed by atoms with Gasteiger partial charge in [-0.2, -0.15) is 0 Å². The third-order valence-corrected chi connectivity index (χ3v) is 2.36. The number of ether oxygens (including phenoxy) is 1. The molecule has 1 rings (SSSR count). The van der Waals surface area contributed by atoms with Crippen molar-refractivity contribution in [3.63, 3.8) is 0 Å². The Morgan fingerprint density at radius 3 is 2.41 bits per heavy atom. The molecular formula is C11H11F3O3. The van der Waals surface area contributed by atoms with Crippen LogP contribution in [0.2, 0.25) is 0 Å². The standard InChI is InChI=1S/C11H11F3O3/c1-3-7-6(2)9(17-11(12,13)14)5-4-8(7)10(15)16/h4-5H,3H2,1-2H3,(H,15,16). The van der Waals surface area contributed by atoms with Crippen LogP contribution in [0.25, 0.3) is 0 Å². The number of carboxylic acids is 1. The minimum atomic E-state index is -4.78. The van der Waals surface area contributed by atoms with Crippen LogP contribution in [0.5, 0.6) is 5.75 Å². The Balaban J connectivity index is 3.25. The molecule has 0 saturated carbocycles. The average molecular weight is 248 g/mol. The summed E-state index contributed by atoms with van der Waals surface area (Å²) in [5, 5.41) is 8.88. The third kappa shape index (κ3) is 3.12. The van der Waals surface area contributed by atoms with Crippen LogP contribution < -0.4 is 4.74 Å². The minimum absolute atomic E-state index is 0.000440. The summed E-state index contributed by atoms with van der Waals surface area (Å²) in [5.74, 6) is -1.53. The molecule has 1 N–H and O–H groups in total. The molecule has 17 heavy (non-hydrogen) atoms. The lowest BCUT2D eigenvalue weighted by molar-refractivity contribution is -0.274. The lowest BCUT2D eigenvalue weighted by Crippen LogP contribution is -2.18. The predicted molar refractivity (Wildman–Crippen MR) is 54.2 cm³/mol. The van der Waals surface area contributed by atoms with Crippen molar-refractivity contribution in [1.29, 1.82) is 0 Å². The second kappa shape index (κ2) is 4.65. The van der Waals surface area contributed by atoms with Gasteiger partial charge in [0, 0.05) is 0 Å². The second-order valence-corrected chi connectivity index (χ2v) is 3.42. The Kier molecular flexibility index (Phi) is 3.65. The van der Waals surface area contributed by atoms with Gasteiger partial charge in [0.05, 0.1) is 5.56 Å². The number of rotatable bonds is 3. The Morgan fingerprint density at radius 1 is 1.41 bits per heavy atom. The van der Waals surface area contributed by atoms with E-state index in [0.717, 1.165) is 12.1 Å². The molecule has 0 unspecified atom stereocenters. The van der Waals surface area contributed by atoms with E-state index in [1.807, 2.05) is 0 Å². The van der Waals surface area contributed by atoms with Crippen LogP contribution in [0, 0.1) is 6.92 Å². The van der Waals surface area contributed by atoms with E-state index < -0.39 is 12.3 Å². The van der Waals surface area contributed by atoms with Gasteiger partial charge < -0.3 is 9.84 Å². The van der Waals surface area contributed by atoms with Gasteiger partial charge in [0.2, 0.25) is 0 Å². The van der Waals surface area contributed by atoms with Gasteiger partial charge in [0.15, 0.2) is 0 Å². The number of halogens is 3. The zero-order chi connectivity index (χ0) is 13.2. The van der Waals surface area contributed by atoms with Crippen LogP contribution in [0.4, 0.5) is 13.2 Å². The van der Waals surface area contributed by atoms with Crippen molar-refractivity contribution in [2.24, 2.45) is 0 Å². The molecule has 0 atom stereocenters. The first-order chi connectivity index (χ1) is 7.76. The normalized spacial score (nSPS) is 11.4. The zero-order valence-electron chi connectivity index (χ0n) is 9.26. The quantitative estimate of drug-likeness (QED) is 0.893. The van der Waals surface area contributed by atoms with E-state index in [1.54, 1.807) is 6.92 Å². The maximum Gasteiger partial charge on any atom is 0.573 e. The first-order valence-electron chi connectivity index (χ1n) is 4.87. The van der Waals surface area contributed by atoms with Gasteiger partial charge in [-0.15, -0.1) is 13.2 Å². The Hall–Kier alpha value is -1.72. The maximum atomic E-state index is 12.1. The molecule has 6 heteroatoms. The molecule has 0 radical (unpaired) electrons. The summed E-state index contributed by atoms with van der Waals surface area (Å²) >= 11 is 0. The fourth-order valence-corrected chi connectivity index (χ4v) is 1.63. The second-order valence-electron chi connectivity index (χ2n) is 3.42. The summed E-state index contributed by atoms with van der Waals surface area (Å²) in [6.45, 7) is 3.08. The highest BCUT2D eigenvalue weighted by molar-refractivity contribution is 5.90. The molecule has 0 amide bonds. The summed E-state index contributed by atoms with van der Waals surface area (Å²) in [6.07, 6.45) is -4.46. The van der Waals surface area contributed by atoms with Gasteiger partial charge in [-0.25, -0.2) is 4.79 Å². The first kappa shape index (κ1) is 13.3. The molecule has 1 aromatic carbocycles. The van der Waals surface area contributed by atoms with E-state index in [1.165, 1.54) is 6.92 Å². The lowest BCUT2D eigenvalue weighted by Gasteiger charge is -2.15. The first-order valence-corrected chi connectivity index (χ1v) is 4.87. The Morgan fingerprint density at radius 2 is 2.00 bits per heavy atom. The highest BCUT2D eigenvalue weighted by Crippen LogP contribution is 2.30. The largest absolute Gasteiger partial charge is 0.573 e.